The van der Waals surface area contributed by atoms with E-state index >= 15 is 0 Å². The number of amides is 1. The van der Waals surface area contributed by atoms with Crippen LogP contribution < -0.4 is 10.2 Å². The number of halogens is 1. The van der Waals surface area contributed by atoms with Crippen molar-refractivity contribution in [3.05, 3.63) is 69.5 Å². The molecule has 2 aliphatic heterocycles. The van der Waals surface area contributed by atoms with Gasteiger partial charge in [-0.2, -0.15) is 0 Å². The highest BCUT2D eigenvalue weighted by atomic mass is 19.1. The lowest BCUT2D eigenvalue weighted by molar-refractivity contribution is -0.384. The Hall–Kier alpha value is -3.00. The molecule has 0 bridgehead atoms. The van der Waals surface area contributed by atoms with E-state index in [9.17, 15) is 19.3 Å². The Balaban J connectivity index is 1.40. The van der Waals surface area contributed by atoms with E-state index < -0.39 is 0 Å². The van der Waals surface area contributed by atoms with E-state index in [4.69, 9.17) is 0 Å². The number of anilines is 1. The number of benzene rings is 2. The summed E-state index contributed by atoms with van der Waals surface area (Å²) in [5, 5.41) is 14.3. The van der Waals surface area contributed by atoms with E-state index in [0.29, 0.717) is 18.0 Å². The molecule has 2 fully saturated rings. The van der Waals surface area contributed by atoms with Gasteiger partial charge in [0.15, 0.2) is 0 Å². The van der Waals surface area contributed by atoms with Crippen molar-refractivity contribution in [2.24, 2.45) is 5.92 Å². The number of nitrogens with one attached hydrogen (secondary N) is 1. The van der Waals surface area contributed by atoms with Gasteiger partial charge in [-0.05, 0) is 48.6 Å². The molecule has 5 rings (SSSR count). The van der Waals surface area contributed by atoms with Crippen LogP contribution in [0.1, 0.15) is 36.8 Å². The monoisotopic (exact) mass is 452 g/mol. The normalized spacial score (nSPS) is 23.1. The first-order chi connectivity index (χ1) is 16.0. The molecular weight excluding hydrogens is 423 g/mol. The van der Waals surface area contributed by atoms with Gasteiger partial charge in [-0.3, -0.25) is 19.8 Å². The summed E-state index contributed by atoms with van der Waals surface area (Å²) in [7, 11) is 0. The SMILES string of the molecule is O=C(NCc1cccc(F)c1)[C@@H]1Cc2cc([N+](=O)[O-])ccc2N2CCN(C3CCCC3)C[C@H]12. The number of non-ortho nitro benzene ring substituents is 1. The molecule has 2 aromatic rings. The number of nitro benzene ring substituents is 1. The molecule has 33 heavy (non-hydrogen) atoms. The van der Waals surface area contributed by atoms with Crippen molar-refractivity contribution in [1.29, 1.82) is 0 Å². The van der Waals surface area contributed by atoms with Gasteiger partial charge in [0.05, 0.1) is 16.9 Å². The lowest BCUT2D eigenvalue weighted by Gasteiger charge is -2.50. The minimum absolute atomic E-state index is 0.0146. The third-order valence-corrected chi connectivity index (χ3v) is 7.47. The van der Waals surface area contributed by atoms with Crippen LogP contribution in [0.15, 0.2) is 42.5 Å². The van der Waals surface area contributed by atoms with Crippen molar-refractivity contribution in [3.63, 3.8) is 0 Å². The second-order valence-corrected chi connectivity index (χ2v) is 9.42. The van der Waals surface area contributed by atoms with Crippen molar-refractivity contribution < 1.29 is 14.1 Å². The van der Waals surface area contributed by atoms with Crippen molar-refractivity contribution in [2.45, 2.75) is 50.7 Å². The number of nitro groups is 1. The quantitative estimate of drug-likeness (QED) is 0.553. The zero-order valence-electron chi connectivity index (χ0n) is 18.6. The van der Waals surface area contributed by atoms with Gasteiger partial charge in [0.1, 0.15) is 5.82 Å². The molecule has 0 unspecified atom stereocenters. The second kappa shape index (κ2) is 9.09. The van der Waals surface area contributed by atoms with Crippen LogP contribution in [0.4, 0.5) is 15.8 Å². The summed E-state index contributed by atoms with van der Waals surface area (Å²) in [6.07, 6.45) is 5.42. The van der Waals surface area contributed by atoms with Crippen LogP contribution in [0.3, 0.4) is 0 Å². The standard InChI is InChI=1S/C25H29FN4O3/c26-19-5-3-4-17(12-19)15-27-25(31)22-14-18-13-21(30(32)33)8-9-23(18)29-11-10-28(16-24(22)29)20-6-1-2-7-20/h3-5,8-9,12-13,20,22,24H,1-2,6-7,10-11,14-16H2,(H,27,31)/t22-,24-/m1/s1. The van der Waals surface area contributed by atoms with E-state index in [1.54, 1.807) is 24.3 Å². The predicted molar refractivity (Wildman–Crippen MR) is 124 cm³/mol. The molecule has 2 heterocycles. The summed E-state index contributed by atoms with van der Waals surface area (Å²) in [5.74, 6) is -0.733. The molecule has 2 atom stereocenters. The largest absolute Gasteiger partial charge is 0.365 e. The third kappa shape index (κ3) is 4.44. The minimum Gasteiger partial charge on any atom is -0.365 e. The minimum atomic E-state index is -0.385. The highest BCUT2D eigenvalue weighted by Gasteiger charge is 2.43. The zero-order valence-corrected chi connectivity index (χ0v) is 18.6. The lowest BCUT2D eigenvalue weighted by Crippen LogP contribution is -2.62. The van der Waals surface area contributed by atoms with Crippen molar-refractivity contribution in [3.8, 4) is 0 Å². The van der Waals surface area contributed by atoms with Crippen LogP contribution in [0.2, 0.25) is 0 Å². The van der Waals surface area contributed by atoms with Gasteiger partial charge in [-0.1, -0.05) is 25.0 Å². The van der Waals surface area contributed by atoms with Gasteiger partial charge in [0.25, 0.3) is 5.69 Å². The first-order valence-corrected chi connectivity index (χ1v) is 11.8. The smallest absolute Gasteiger partial charge is 0.269 e. The molecule has 3 aliphatic rings. The summed E-state index contributed by atoms with van der Waals surface area (Å²) in [6.45, 7) is 2.82. The van der Waals surface area contributed by atoms with Crippen LogP contribution in [0.25, 0.3) is 0 Å². The highest BCUT2D eigenvalue weighted by molar-refractivity contribution is 5.82. The maximum atomic E-state index is 13.5. The van der Waals surface area contributed by atoms with E-state index in [2.05, 4.69) is 15.1 Å². The van der Waals surface area contributed by atoms with E-state index in [1.165, 1.54) is 37.8 Å². The molecule has 2 aromatic carbocycles. The molecule has 0 radical (unpaired) electrons. The van der Waals surface area contributed by atoms with E-state index in [1.807, 2.05) is 6.07 Å². The molecule has 1 aliphatic carbocycles. The summed E-state index contributed by atoms with van der Waals surface area (Å²) < 4.78 is 13.5. The number of hydrogen-bond donors (Lipinski definition) is 1. The van der Waals surface area contributed by atoms with Crippen LogP contribution in [-0.2, 0) is 17.8 Å². The molecule has 7 nitrogen and oxygen atoms in total. The topological polar surface area (TPSA) is 78.7 Å². The first-order valence-electron chi connectivity index (χ1n) is 11.8. The van der Waals surface area contributed by atoms with Crippen LogP contribution in [-0.4, -0.2) is 47.4 Å². The molecule has 0 aromatic heterocycles. The Labute approximate surface area is 192 Å². The number of rotatable bonds is 5. The number of piperazine rings is 1. The molecule has 1 amide bonds. The first kappa shape index (κ1) is 21.8. The third-order valence-electron chi connectivity index (χ3n) is 7.47. The fourth-order valence-corrected chi connectivity index (χ4v) is 5.81. The van der Waals surface area contributed by atoms with Crippen molar-refractivity contribution in [1.82, 2.24) is 10.2 Å². The van der Waals surface area contributed by atoms with Crippen LogP contribution in [0.5, 0.6) is 0 Å². The molecular formula is C25H29FN4O3. The maximum absolute atomic E-state index is 13.5. The van der Waals surface area contributed by atoms with E-state index in [-0.39, 0.29) is 40.8 Å². The highest BCUT2D eigenvalue weighted by Crippen LogP contribution is 2.39. The van der Waals surface area contributed by atoms with Gasteiger partial charge in [-0.25, -0.2) is 4.39 Å². The average molecular weight is 453 g/mol. The Morgan fingerprint density at radius 2 is 1.97 bits per heavy atom. The van der Waals surface area contributed by atoms with Gasteiger partial charge in [-0.15, -0.1) is 0 Å². The summed E-state index contributed by atoms with van der Waals surface area (Å²) in [6, 6.07) is 11.8. The van der Waals surface area contributed by atoms with Crippen molar-refractivity contribution in [2.75, 3.05) is 24.5 Å². The van der Waals surface area contributed by atoms with Gasteiger partial charge < -0.3 is 10.2 Å². The molecule has 1 saturated carbocycles. The fourth-order valence-electron chi connectivity index (χ4n) is 5.81. The Bertz CT molecular complexity index is 1060. The second-order valence-electron chi connectivity index (χ2n) is 9.42. The Kier molecular flexibility index (Phi) is 6.01. The maximum Gasteiger partial charge on any atom is 0.269 e. The summed E-state index contributed by atoms with van der Waals surface area (Å²) in [4.78, 5) is 29.2. The average Bonchev–Trinajstić information content (AvgIpc) is 3.36. The fraction of sp³-hybridized carbons (Fsp3) is 0.480. The number of carbonyl (C=O) groups excluding carboxylic acids is 1. The Morgan fingerprint density at radius 1 is 1.15 bits per heavy atom. The Morgan fingerprint density at radius 3 is 2.73 bits per heavy atom. The number of carbonyl (C=O) groups is 1. The molecule has 1 saturated heterocycles. The molecule has 0 spiro atoms. The predicted octanol–water partition coefficient (Wildman–Crippen LogP) is 3.66. The number of fused-ring (bicyclic) bond motifs is 3. The molecule has 1 N–H and O–H groups in total. The van der Waals surface area contributed by atoms with Gasteiger partial charge in [0.2, 0.25) is 5.91 Å². The van der Waals surface area contributed by atoms with Crippen LogP contribution in [0, 0.1) is 21.8 Å². The van der Waals surface area contributed by atoms with E-state index in [0.717, 1.165) is 30.9 Å². The summed E-state index contributed by atoms with van der Waals surface area (Å²) >= 11 is 0. The number of nitrogens with zero attached hydrogens (tertiary/aromatic N) is 3. The molecule has 174 valence electrons. The lowest BCUT2D eigenvalue weighted by atomic mass is 9.82. The van der Waals surface area contributed by atoms with Gasteiger partial charge >= 0.3 is 0 Å². The zero-order chi connectivity index (χ0) is 22.9. The number of hydrogen-bond acceptors (Lipinski definition) is 5. The van der Waals surface area contributed by atoms with Crippen molar-refractivity contribution >= 4 is 17.3 Å². The van der Waals surface area contributed by atoms with Crippen LogP contribution >= 0.6 is 0 Å². The molecule has 8 heteroatoms. The van der Waals surface area contributed by atoms with Gasteiger partial charge in [0, 0.05) is 50.0 Å². The summed E-state index contributed by atoms with van der Waals surface area (Å²) in [5.41, 5.74) is 2.62.